The number of aliphatic hydroxyl groups is 1. The van der Waals surface area contributed by atoms with Gasteiger partial charge in [0.15, 0.2) is 0 Å². The van der Waals surface area contributed by atoms with E-state index in [4.69, 9.17) is 0 Å². The van der Waals surface area contributed by atoms with Crippen molar-refractivity contribution in [2.75, 3.05) is 23.7 Å². The summed E-state index contributed by atoms with van der Waals surface area (Å²) < 4.78 is 0. The predicted molar refractivity (Wildman–Crippen MR) is 61.0 cm³/mol. The van der Waals surface area contributed by atoms with E-state index in [1.165, 1.54) is 0 Å². The Morgan fingerprint density at radius 1 is 1.40 bits per heavy atom. The van der Waals surface area contributed by atoms with E-state index in [0.717, 1.165) is 18.8 Å². The molecule has 1 atom stereocenters. The minimum Gasteiger partial charge on any atom is -0.391 e. The van der Waals surface area contributed by atoms with Crippen LogP contribution < -0.4 is 10.6 Å². The lowest BCUT2D eigenvalue weighted by molar-refractivity contribution is 0.183. The molecule has 3 N–H and O–H groups in total. The van der Waals surface area contributed by atoms with Crippen LogP contribution in [0.2, 0.25) is 0 Å². The fourth-order valence-corrected chi connectivity index (χ4v) is 1.07. The van der Waals surface area contributed by atoms with Crippen LogP contribution >= 0.6 is 0 Å². The van der Waals surface area contributed by atoms with Gasteiger partial charge in [0, 0.05) is 19.3 Å². The molecule has 0 aromatic carbocycles. The van der Waals surface area contributed by atoms with Gasteiger partial charge in [0.25, 0.3) is 0 Å². The smallest absolute Gasteiger partial charge is 0.224 e. The lowest BCUT2D eigenvalue weighted by Gasteiger charge is -2.10. The lowest BCUT2D eigenvalue weighted by Crippen LogP contribution is -2.19. The number of nitrogens with one attached hydrogen (secondary N) is 2. The first kappa shape index (κ1) is 11.7. The van der Waals surface area contributed by atoms with Gasteiger partial charge in [-0.3, -0.25) is 0 Å². The second kappa shape index (κ2) is 6.19. The Hall–Kier alpha value is -1.36. The average molecular weight is 210 g/mol. The molecule has 0 radical (unpaired) electrons. The van der Waals surface area contributed by atoms with Gasteiger partial charge in [0.1, 0.15) is 5.82 Å². The maximum atomic E-state index is 9.37. The molecule has 5 nitrogen and oxygen atoms in total. The molecule has 0 bridgehead atoms. The van der Waals surface area contributed by atoms with Crippen LogP contribution in [0.15, 0.2) is 12.3 Å². The number of nitrogens with zero attached hydrogens (tertiary/aromatic N) is 2. The monoisotopic (exact) mass is 210 g/mol. The number of aromatic nitrogens is 2. The first-order valence-corrected chi connectivity index (χ1v) is 5.25. The Morgan fingerprint density at radius 2 is 2.20 bits per heavy atom. The van der Waals surface area contributed by atoms with Crippen LogP contribution in [-0.4, -0.2) is 34.3 Å². The minimum atomic E-state index is -0.331. The topological polar surface area (TPSA) is 70.1 Å². The zero-order valence-corrected chi connectivity index (χ0v) is 9.20. The van der Waals surface area contributed by atoms with Crippen LogP contribution in [0.3, 0.4) is 0 Å². The molecule has 0 aliphatic rings. The number of rotatable bonds is 6. The molecular formula is C10H18N4O. The summed E-state index contributed by atoms with van der Waals surface area (Å²) in [6.45, 7) is 5.24. The van der Waals surface area contributed by atoms with E-state index in [9.17, 15) is 5.11 Å². The largest absolute Gasteiger partial charge is 0.391 e. The van der Waals surface area contributed by atoms with Crippen molar-refractivity contribution in [1.82, 2.24) is 9.97 Å². The Kier molecular flexibility index (Phi) is 4.83. The van der Waals surface area contributed by atoms with Crippen LogP contribution in [-0.2, 0) is 0 Å². The van der Waals surface area contributed by atoms with Crippen molar-refractivity contribution in [3.63, 3.8) is 0 Å². The van der Waals surface area contributed by atoms with Gasteiger partial charge in [-0.25, -0.2) is 4.98 Å². The Balaban J connectivity index is 2.50. The SMILES string of the molecule is CCNc1nccc(NCC(O)CC)n1. The van der Waals surface area contributed by atoms with Gasteiger partial charge in [0.05, 0.1) is 6.10 Å². The van der Waals surface area contributed by atoms with Crippen molar-refractivity contribution in [3.05, 3.63) is 12.3 Å². The summed E-state index contributed by atoms with van der Waals surface area (Å²) >= 11 is 0. The second-order valence-corrected chi connectivity index (χ2v) is 3.24. The Labute approximate surface area is 90.0 Å². The zero-order valence-electron chi connectivity index (χ0n) is 9.20. The summed E-state index contributed by atoms with van der Waals surface area (Å²) in [6, 6.07) is 1.78. The normalized spacial score (nSPS) is 12.2. The highest BCUT2D eigenvalue weighted by Crippen LogP contribution is 2.05. The predicted octanol–water partition coefficient (Wildman–Crippen LogP) is 1.09. The molecule has 15 heavy (non-hydrogen) atoms. The molecular weight excluding hydrogens is 192 g/mol. The molecule has 0 aliphatic heterocycles. The highest BCUT2D eigenvalue weighted by atomic mass is 16.3. The quantitative estimate of drug-likeness (QED) is 0.655. The van der Waals surface area contributed by atoms with Crippen molar-refractivity contribution in [3.8, 4) is 0 Å². The molecule has 0 saturated carbocycles. The summed E-state index contributed by atoms with van der Waals surface area (Å²) in [5.41, 5.74) is 0. The van der Waals surface area contributed by atoms with E-state index in [0.29, 0.717) is 12.5 Å². The molecule has 0 spiro atoms. The molecule has 1 heterocycles. The van der Waals surface area contributed by atoms with E-state index in [1.54, 1.807) is 12.3 Å². The third-order valence-electron chi connectivity index (χ3n) is 1.98. The van der Waals surface area contributed by atoms with Gasteiger partial charge in [-0.1, -0.05) is 6.92 Å². The molecule has 84 valence electrons. The third kappa shape index (κ3) is 4.12. The minimum absolute atomic E-state index is 0.331. The van der Waals surface area contributed by atoms with Crippen LogP contribution in [0, 0.1) is 0 Å². The first-order chi connectivity index (χ1) is 7.26. The second-order valence-electron chi connectivity index (χ2n) is 3.24. The van der Waals surface area contributed by atoms with Crippen LogP contribution in [0.1, 0.15) is 20.3 Å². The van der Waals surface area contributed by atoms with Crippen LogP contribution in [0.25, 0.3) is 0 Å². The standard InChI is InChI=1S/C10H18N4O/c1-3-8(15)7-13-9-5-6-12-10(14-9)11-4-2/h5-6,8,15H,3-4,7H2,1-2H3,(H2,11,12,13,14). The van der Waals surface area contributed by atoms with Crippen LogP contribution in [0.5, 0.6) is 0 Å². The molecule has 1 aromatic rings. The average Bonchev–Trinajstić information content (AvgIpc) is 2.27. The van der Waals surface area contributed by atoms with E-state index >= 15 is 0 Å². The van der Waals surface area contributed by atoms with Crippen molar-refractivity contribution in [2.24, 2.45) is 0 Å². The van der Waals surface area contributed by atoms with Crippen molar-refractivity contribution < 1.29 is 5.11 Å². The summed E-state index contributed by atoms with van der Waals surface area (Å²) in [4.78, 5) is 8.28. The maximum absolute atomic E-state index is 9.37. The van der Waals surface area contributed by atoms with Gasteiger partial charge in [-0.05, 0) is 19.4 Å². The van der Waals surface area contributed by atoms with E-state index in [1.807, 2.05) is 13.8 Å². The first-order valence-electron chi connectivity index (χ1n) is 5.25. The highest BCUT2D eigenvalue weighted by molar-refractivity contribution is 5.39. The molecule has 0 fully saturated rings. The van der Waals surface area contributed by atoms with Gasteiger partial charge in [0.2, 0.25) is 5.95 Å². The van der Waals surface area contributed by atoms with E-state index in [-0.39, 0.29) is 6.10 Å². The molecule has 0 aliphatic carbocycles. The summed E-state index contributed by atoms with van der Waals surface area (Å²) in [7, 11) is 0. The van der Waals surface area contributed by atoms with Crippen molar-refractivity contribution in [2.45, 2.75) is 26.4 Å². The maximum Gasteiger partial charge on any atom is 0.224 e. The van der Waals surface area contributed by atoms with E-state index < -0.39 is 0 Å². The molecule has 1 rings (SSSR count). The third-order valence-corrected chi connectivity index (χ3v) is 1.98. The number of hydrogen-bond acceptors (Lipinski definition) is 5. The lowest BCUT2D eigenvalue weighted by atomic mass is 10.3. The summed E-state index contributed by atoms with van der Waals surface area (Å²) in [6.07, 6.45) is 2.09. The van der Waals surface area contributed by atoms with Gasteiger partial charge >= 0.3 is 0 Å². The van der Waals surface area contributed by atoms with E-state index in [2.05, 4.69) is 20.6 Å². The number of anilines is 2. The van der Waals surface area contributed by atoms with Gasteiger partial charge < -0.3 is 15.7 Å². The fraction of sp³-hybridized carbons (Fsp3) is 0.600. The van der Waals surface area contributed by atoms with Crippen molar-refractivity contribution in [1.29, 1.82) is 0 Å². The van der Waals surface area contributed by atoms with Gasteiger partial charge in [-0.2, -0.15) is 4.98 Å². The highest BCUT2D eigenvalue weighted by Gasteiger charge is 2.01. The van der Waals surface area contributed by atoms with Crippen LogP contribution in [0.4, 0.5) is 11.8 Å². The number of hydrogen-bond donors (Lipinski definition) is 3. The summed E-state index contributed by atoms with van der Waals surface area (Å²) in [5, 5.41) is 15.4. The summed E-state index contributed by atoms with van der Waals surface area (Å²) in [5.74, 6) is 1.34. The van der Waals surface area contributed by atoms with Crippen molar-refractivity contribution >= 4 is 11.8 Å². The molecule has 0 saturated heterocycles. The van der Waals surface area contributed by atoms with Gasteiger partial charge in [-0.15, -0.1) is 0 Å². The molecule has 5 heteroatoms. The Morgan fingerprint density at radius 3 is 2.87 bits per heavy atom. The fourth-order valence-electron chi connectivity index (χ4n) is 1.07. The molecule has 1 unspecified atom stereocenters. The zero-order chi connectivity index (χ0) is 11.1. The Bertz CT molecular complexity index is 293. The molecule has 0 amide bonds. The number of aliphatic hydroxyl groups excluding tert-OH is 1. The molecule has 1 aromatic heterocycles.